The predicted molar refractivity (Wildman–Crippen MR) is 66.7 cm³/mol. The number of aliphatic hydroxyl groups excluding tert-OH is 1. The fourth-order valence-corrected chi connectivity index (χ4v) is 2.35. The SMILES string of the molecule is COP(=O)(OC)/C(C#N)=C(\O)Nc1c(F)c(F)c(F)c(F)c1F. The van der Waals surface area contributed by atoms with E-state index in [9.17, 15) is 31.6 Å². The molecule has 1 rings (SSSR count). The van der Waals surface area contributed by atoms with Gasteiger partial charge in [-0.25, -0.2) is 22.0 Å². The van der Waals surface area contributed by atoms with Crippen molar-refractivity contribution >= 4 is 13.3 Å². The molecule has 0 bridgehead atoms. The summed E-state index contributed by atoms with van der Waals surface area (Å²) in [6.07, 6.45) is 0. The lowest BCUT2D eigenvalue weighted by molar-refractivity contribution is 0.282. The van der Waals surface area contributed by atoms with Crippen molar-refractivity contribution in [3.05, 3.63) is 40.3 Å². The zero-order valence-corrected chi connectivity index (χ0v) is 12.4. The van der Waals surface area contributed by atoms with Crippen LogP contribution in [0, 0.1) is 40.4 Å². The monoisotopic (exact) mass is 358 g/mol. The molecular formula is C11H8F5N2O4P. The molecule has 0 radical (unpaired) electrons. The van der Waals surface area contributed by atoms with E-state index in [1.165, 1.54) is 11.4 Å². The normalized spacial score (nSPS) is 12.6. The molecule has 0 unspecified atom stereocenters. The second-order valence-electron chi connectivity index (χ2n) is 3.74. The van der Waals surface area contributed by atoms with Crippen LogP contribution in [0.15, 0.2) is 11.2 Å². The molecule has 2 N–H and O–H groups in total. The van der Waals surface area contributed by atoms with Crippen LogP contribution < -0.4 is 5.32 Å². The van der Waals surface area contributed by atoms with E-state index in [4.69, 9.17) is 5.26 Å². The number of hydrogen-bond acceptors (Lipinski definition) is 6. The van der Waals surface area contributed by atoms with E-state index in [0.717, 1.165) is 14.2 Å². The summed E-state index contributed by atoms with van der Waals surface area (Å²) in [5.74, 6) is -13.0. The lowest BCUT2D eigenvalue weighted by atomic mass is 10.2. The zero-order chi connectivity index (χ0) is 17.9. The molecule has 1 aromatic carbocycles. The molecule has 126 valence electrons. The van der Waals surface area contributed by atoms with E-state index in [-0.39, 0.29) is 0 Å². The maximum atomic E-state index is 13.5. The van der Waals surface area contributed by atoms with Gasteiger partial charge in [0, 0.05) is 14.2 Å². The van der Waals surface area contributed by atoms with E-state index in [0.29, 0.717) is 0 Å². The summed E-state index contributed by atoms with van der Waals surface area (Å²) >= 11 is 0. The van der Waals surface area contributed by atoms with Gasteiger partial charge in [-0.2, -0.15) is 5.26 Å². The van der Waals surface area contributed by atoms with E-state index in [1.807, 2.05) is 0 Å². The van der Waals surface area contributed by atoms with Crippen LogP contribution in [-0.2, 0) is 13.6 Å². The van der Waals surface area contributed by atoms with E-state index in [2.05, 4.69) is 9.05 Å². The van der Waals surface area contributed by atoms with Crippen molar-refractivity contribution in [3.63, 3.8) is 0 Å². The van der Waals surface area contributed by atoms with E-state index >= 15 is 0 Å². The van der Waals surface area contributed by atoms with Crippen LogP contribution in [0.4, 0.5) is 27.6 Å². The molecule has 12 heteroatoms. The van der Waals surface area contributed by atoms with Crippen molar-refractivity contribution in [1.29, 1.82) is 5.26 Å². The average molecular weight is 358 g/mol. The molecule has 0 spiro atoms. The molecule has 0 amide bonds. The molecule has 0 saturated heterocycles. The second-order valence-corrected chi connectivity index (χ2v) is 5.91. The zero-order valence-electron chi connectivity index (χ0n) is 11.5. The van der Waals surface area contributed by atoms with Gasteiger partial charge >= 0.3 is 7.60 Å². The smallest absolute Gasteiger partial charge is 0.376 e. The fraction of sp³-hybridized carbons (Fsp3) is 0.182. The van der Waals surface area contributed by atoms with Crippen molar-refractivity contribution in [2.24, 2.45) is 0 Å². The Balaban J connectivity index is 3.51. The number of halogens is 5. The first kappa shape index (κ1) is 18.9. The summed E-state index contributed by atoms with van der Waals surface area (Å²) in [6.45, 7) is 0. The van der Waals surface area contributed by atoms with Gasteiger partial charge in [-0.05, 0) is 0 Å². The highest BCUT2D eigenvalue weighted by Gasteiger charge is 2.34. The Kier molecular flexibility index (Phi) is 5.71. The van der Waals surface area contributed by atoms with Gasteiger partial charge in [0.15, 0.2) is 23.3 Å². The van der Waals surface area contributed by atoms with Crippen LogP contribution in [0.3, 0.4) is 0 Å². The largest absolute Gasteiger partial charge is 0.493 e. The first-order chi connectivity index (χ1) is 10.6. The molecule has 0 atom stereocenters. The Hall–Kier alpha value is -2.15. The number of aliphatic hydroxyl groups is 1. The molecule has 0 aliphatic rings. The van der Waals surface area contributed by atoms with Gasteiger partial charge in [-0.15, -0.1) is 0 Å². The van der Waals surface area contributed by atoms with Crippen molar-refractivity contribution < 1.29 is 40.7 Å². The lowest BCUT2D eigenvalue weighted by Gasteiger charge is -2.15. The van der Waals surface area contributed by atoms with Gasteiger partial charge in [0.25, 0.3) is 0 Å². The summed E-state index contributed by atoms with van der Waals surface area (Å²) < 4.78 is 86.6. The van der Waals surface area contributed by atoms with Gasteiger partial charge in [0.1, 0.15) is 11.8 Å². The highest BCUT2D eigenvalue weighted by Crippen LogP contribution is 2.55. The fourth-order valence-electron chi connectivity index (χ4n) is 1.39. The quantitative estimate of drug-likeness (QED) is 0.209. The second kappa shape index (κ2) is 6.95. The minimum atomic E-state index is -4.35. The molecule has 0 aliphatic heterocycles. The molecule has 1 aromatic rings. The molecule has 0 heterocycles. The highest BCUT2D eigenvalue weighted by atomic mass is 31.2. The van der Waals surface area contributed by atoms with Crippen LogP contribution >= 0.6 is 7.60 Å². The Morgan fingerprint density at radius 2 is 1.43 bits per heavy atom. The number of rotatable bonds is 5. The molecule has 6 nitrogen and oxygen atoms in total. The molecule has 23 heavy (non-hydrogen) atoms. The highest BCUT2D eigenvalue weighted by molar-refractivity contribution is 7.58. The van der Waals surface area contributed by atoms with Gasteiger partial charge < -0.3 is 19.5 Å². The topological polar surface area (TPSA) is 91.6 Å². The number of nitrogens with one attached hydrogen (secondary N) is 1. The average Bonchev–Trinajstić information content (AvgIpc) is 2.55. The molecular weight excluding hydrogens is 350 g/mol. The number of nitrogens with zero attached hydrogens (tertiary/aromatic N) is 1. The van der Waals surface area contributed by atoms with Crippen LogP contribution in [0.1, 0.15) is 0 Å². The van der Waals surface area contributed by atoms with Crippen molar-refractivity contribution in [2.75, 3.05) is 19.5 Å². The van der Waals surface area contributed by atoms with Crippen LogP contribution in [-0.4, -0.2) is 19.3 Å². The van der Waals surface area contributed by atoms with Crippen LogP contribution in [0.5, 0.6) is 0 Å². The summed E-state index contributed by atoms with van der Waals surface area (Å²) in [5.41, 5.74) is -1.65. The number of anilines is 1. The maximum absolute atomic E-state index is 13.5. The Morgan fingerprint density at radius 3 is 1.78 bits per heavy atom. The maximum Gasteiger partial charge on any atom is 0.376 e. The summed E-state index contributed by atoms with van der Waals surface area (Å²) in [6, 6.07) is 1.19. The van der Waals surface area contributed by atoms with Gasteiger partial charge in [0.2, 0.25) is 17.0 Å². The van der Waals surface area contributed by atoms with E-state index < -0.39 is 53.6 Å². The number of nitriles is 1. The number of benzene rings is 1. The van der Waals surface area contributed by atoms with Gasteiger partial charge in [-0.3, -0.25) is 4.57 Å². The van der Waals surface area contributed by atoms with Crippen molar-refractivity contribution in [3.8, 4) is 6.07 Å². The summed E-state index contributed by atoms with van der Waals surface area (Å²) in [7, 11) is -2.67. The van der Waals surface area contributed by atoms with Crippen molar-refractivity contribution in [1.82, 2.24) is 0 Å². The summed E-state index contributed by atoms with van der Waals surface area (Å²) in [4.78, 5) is 0. The van der Waals surface area contributed by atoms with Crippen LogP contribution in [0.25, 0.3) is 0 Å². The molecule has 0 aromatic heterocycles. The predicted octanol–water partition coefficient (Wildman–Crippen LogP) is 3.53. The summed E-state index contributed by atoms with van der Waals surface area (Å²) in [5, 5.41) is 18.7. The van der Waals surface area contributed by atoms with Gasteiger partial charge in [-0.1, -0.05) is 0 Å². The molecule has 0 saturated carbocycles. The third-order valence-electron chi connectivity index (χ3n) is 2.54. The third-order valence-corrected chi connectivity index (χ3v) is 4.36. The Morgan fingerprint density at radius 1 is 1.04 bits per heavy atom. The van der Waals surface area contributed by atoms with E-state index in [1.54, 1.807) is 0 Å². The first-order valence-electron chi connectivity index (χ1n) is 5.48. The first-order valence-corrected chi connectivity index (χ1v) is 7.02. The van der Waals surface area contributed by atoms with Gasteiger partial charge in [0.05, 0.1) is 0 Å². The molecule has 0 aliphatic carbocycles. The van der Waals surface area contributed by atoms with Crippen LogP contribution in [0.2, 0.25) is 0 Å². The number of allylic oxidation sites excluding steroid dienone is 1. The number of hydrogen-bond donors (Lipinski definition) is 2. The molecule has 0 fully saturated rings. The Labute approximate surface area is 126 Å². The standard InChI is InChI=1S/C11H8F5N2O4P/c1-21-23(20,22-2)4(3-17)11(19)18-10-8(15)6(13)5(12)7(14)9(10)16/h18-19H,1-2H3/b11-4-. The lowest BCUT2D eigenvalue weighted by Crippen LogP contribution is -2.11. The third kappa shape index (κ3) is 3.29. The minimum absolute atomic E-state index is 0.841. The Bertz CT molecular complexity index is 725. The minimum Gasteiger partial charge on any atom is -0.493 e. The van der Waals surface area contributed by atoms with Crippen molar-refractivity contribution in [2.45, 2.75) is 0 Å².